The number of aryl methyl sites for hydroxylation is 1. The Kier molecular flexibility index (Phi) is 6.69. The normalized spacial score (nSPS) is 16.6. The molecule has 0 atom stereocenters. The van der Waals surface area contributed by atoms with Gasteiger partial charge in [0.25, 0.3) is 0 Å². The summed E-state index contributed by atoms with van der Waals surface area (Å²) in [4.78, 5) is 18.9. The van der Waals surface area contributed by atoms with Gasteiger partial charge in [-0.3, -0.25) is 9.79 Å². The third kappa shape index (κ3) is 4.32. The zero-order valence-electron chi connectivity index (χ0n) is 18.9. The van der Waals surface area contributed by atoms with E-state index in [4.69, 9.17) is 14.5 Å². The number of carbonyl (C=O) groups excluding carboxylic acids is 1. The molecule has 0 aromatic heterocycles. The number of benzene rings is 2. The van der Waals surface area contributed by atoms with E-state index in [2.05, 4.69) is 28.2 Å². The minimum atomic E-state index is -0.0202. The molecule has 168 valence electrons. The number of thioether (sulfide) groups is 1. The maximum Gasteiger partial charge on any atom is 0.301 e. The van der Waals surface area contributed by atoms with Crippen molar-refractivity contribution in [2.24, 2.45) is 10.1 Å². The van der Waals surface area contributed by atoms with Crippen LogP contribution in [-0.4, -0.2) is 61.9 Å². The lowest BCUT2D eigenvalue weighted by molar-refractivity contribution is 0.235. The standard InChI is InChI=1S/C24H28N4O3S/c1-5-25-23(18-9-11-21(30-3)22(14-18)31-4)28-12-6-7-17-13-16(8-10-20(17)28)19-15-32-24(29)27(2)26-19/h8-11,13-14H,5-7,12,15H2,1-4H3. The molecule has 7 nitrogen and oxygen atoms in total. The molecule has 0 spiro atoms. The van der Waals surface area contributed by atoms with E-state index in [0.29, 0.717) is 23.8 Å². The van der Waals surface area contributed by atoms with E-state index in [1.807, 2.05) is 25.1 Å². The Morgan fingerprint density at radius 2 is 1.97 bits per heavy atom. The first-order valence-corrected chi connectivity index (χ1v) is 11.7. The van der Waals surface area contributed by atoms with Gasteiger partial charge in [-0.1, -0.05) is 17.8 Å². The monoisotopic (exact) mass is 452 g/mol. The minimum Gasteiger partial charge on any atom is -0.493 e. The van der Waals surface area contributed by atoms with Gasteiger partial charge in [0.15, 0.2) is 11.5 Å². The molecule has 2 aliphatic heterocycles. The van der Waals surface area contributed by atoms with Crippen LogP contribution in [0.2, 0.25) is 0 Å². The van der Waals surface area contributed by atoms with Crippen LogP contribution in [-0.2, 0) is 6.42 Å². The molecule has 2 heterocycles. The van der Waals surface area contributed by atoms with Crippen LogP contribution in [0.15, 0.2) is 46.5 Å². The zero-order valence-corrected chi connectivity index (χ0v) is 19.7. The summed E-state index contributed by atoms with van der Waals surface area (Å²) in [5, 5.41) is 5.86. The molecule has 0 saturated carbocycles. The van der Waals surface area contributed by atoms with Crippen molar-refractivity contribution >= 4 is 34.2 Å². The third-order valence-electron chi connectivity index (χ3n) is 5.60. The summed E-state index contributed by atoms with van der Waals surface area (Å²) in [6.45, 7) is 3.63. The summed E-state index contributed by atoms with van der Waals surface area (Å²) in [7, 11) is 4.98. The van der Waals surface area contributed by atoms with Crippen LogP contribution in [0.4, 0.5) is 10.5 Å². The molecule has 0 radical (unpaired) electrons. The zero-order chi connectivity index (χ0) is 22.7. The van der Waals surface area contributed by atoms with E-state index in [0.717, 1.165) is 47.7 Å². The number of amidine groups is 1. The number of aliphatic imine (C=N–C) groups is 1. The van der Waals surface area contributed by atoms with E-state index < -0.39 is 0 Å². The van der Waals surface area contributed by atoms with E-state index >= 15 is 0 Å². The van der Waals surface area contributed by atoms with Crippen LogP contribution in [0.25, 0.3) is 0 Å². The van der Waals surface area contributed by atoms with Gasteiger partial charge in [-0.05, 0) is 61.2 Å². The first-order valence-electron chi connectivity index (χ1n) is 10.7. The first kappa shape index (κ1) is 22.2. The Bertz CT molecular complexity index is 1080. The van der Waals surface area contributed by atoms with Gasteiger partial charge in [0.05, 0.1) is 19.9 Å². The topological polar surface area (TPSA) is 66.7 Å². The van der Waals surface area contributed by atoms with Gasteiger partial charge in [0, 0.05) is 37.1 Å². The van der Waals surface area contributed by atoms with Crippen molar-refractivity contribution in [1.29, 1.82) is 0 Å². The summed E-state index contributed by atoms with van der Waals surface area (Å²) in [5.74, 6) is 2.91. The summed E-state index contributed by atoms with van der Waals surface area (Å²) >= 11 is 1.29. The molecule has 1 amide bonds. The van der Waals surface area contributed by atoms with Gasteiger partial charge in [-0.15, -0.1) is 0 Å². The summed E-state index contributed by atoms with van der Waals surface area (Å²) in [5.41, 5.74) is 5.42. The fourth-order valence-electron chi connectivity index (χ4n) is 4.07. The number of methoxy groups -OCH3 is 2. The number of carbonyl (C=O) groups is 1. The molecule has 2 aromatic carbocycles. The first-order chi connectivity index (χ1) is 15.5. The smallest absolute Gasteiger partial charge is 0.301 e. The number of amides is 1. The highest BCUT2D eigenvalue weighted by atomic mass is 32.2. The van der Waals surface area contributed by atoms with Crippen LogP contribution in [0.5, 0.6) is 11.5 Å². The molecular weight excluding hydrogens is 424 g/mol. The Balaban J connectivity index is 1.70. The number of fused-ring (bicyclic) bond motifs is 1. The number of anilines is 1. The number of hydrazone groups is 1. The number of hydrogen-bond donors (Lipinski definition) is 0. The SMILES string of the molecule is CCN=C(c1ccc(OC)c(OC)c1)N1CCCc2cc(C3=NN(C)C(=O)SC3)ccc21. The van der Waals surface area contributed by atoms with Gasteiger partial charge in [0.2, 0.25) is 0 Å². The molecule has 0 N–H and O–H groups in total. The van der Waals surface area contributed by atoms with Gasteiger partial charge in [0.1, 0.15) is 5.84 Å². The molecular formula is C24H28N4O3S. The van der Waals surface area contributed by atoms with Crippen molar-refractivity contribution in [2.45, 2.75) is 19.8 Å². The average Bonchev–Trinajstić information content (AvgIpc) is 2.83. The molecule has 8 heteroatoms. The molecule has 0 fully saturated rings. The Hall–Kier alpha value is -3.00. The van der Waals surface area contributed by atoms with Gasteiger partial charge >= 0.3 is 5.24 Å². The number of rotatable bonds is 5. The van der Waals surface area contributed by atoms with Crippen LogP contribution >= 0.6 is 11.8 Å². The van der Waals surface area contributed by atoms with E-state index in [1.165, 1.54) is 22.3 Å². The number of ether oxygens (including phenoxy) is 2. The quantitative estimate of drug-likeness (QED) is 0.496. The van der Waals surface area contributed by atoms with Gasteiger partial charge in [-0.25, -0.2) is 5.01 Å². The summed E-state index contributed by atoms with van der Waals surface area (Å²) in [6, 6.07) is 12.4. The van der Waals surface area contributed by atoms with Crippen molar-refractivity contribution in [3.8, 4) is 11.5 Å². The molecule has 32 heavy (non-hydrogen) atoms. The summed E-state index contributed by atoms with van der Waals surface area (Å²) < 4.78 is 10.9. The van der Waals surface area contributed by atoms with E-state index in [1.54, 1.807) is 21.3 Å². The predicted molar refractivity (Wildman–Crippen MR) is 131 cm³/mol. The van der Waals surface area contributed by atoms with Crippen molar-refractivity contribution in [1.82, 2.24) is 5.01 Å². The lowest BCUT2D eigenvalue weighted by atomic mass is 9.97. The fourth-order valence-corrected chi connectivity index (χ4v) is 4.78. The highest BCUT2D eigenvalue weighted by Gasteiger charge is 2.25. The second-order valence-corrected chi connectivity index (χ2v) is 8.52. The maximum atomic E-state index is 11.7. The van der Waals surface area contributed by atoms with E-state index in [9.17, 15) is 4.79 Å². The summed E-state index contributed by atoms with van der Waals surface area (Å²) in [6.07, 6.45) is 2.03. The predicted octanol–water partition coefficient (Wildman–Crippen LogP) is 4.43. The molecule has 4 rings (SSSR count). The lowest BCUT2D eigenvalue weighted by Gasteiger charge is -2.33. The largest absolute Gasteiger partial charge is 0.493 e. The number of nitrogens with zero attached hydrogens (tertiary/aromatic N) is 4. The minimum absolute atomic E-state index is 0.0202. The number of hydrogen-bond acceptors (Lipinski definition) is 6. The Labute approximate surface area is 193 Å². The molecule has 2 aromatic rings. The highest BCUT2D eigenvalue weighted by molar-refractivity contribution is 8.14. The van der Waals surface area contributed by atoms with Crippen molar-refractivity contribution < 1.29 is 14.3 Å². The molecule has 2 aliphatic rings. The second kappa shape index (κ2) is 9.65. The van der Waals surface area contributed by atoms with Crippen LogP contribution < -0.4 is 14.4 Å². The van der Waals surface area contributed by atoms with Gasteiger partial charge in [-0.2, -0.15) is 5.10 Å². The van der Waals surface area contributed by atoms with Crippen molar-refractivity contribution in [2.75, 3.05) is 45.0 Å². The average molecular weight is 453 g/mol. The Morgan fingerprint density at radius 3 is 2.69 bits per heavy atom. The highest BCUT2D eigenvalue weighted by Crippen LogP contribution is 2.33. The van der Waals surface area contributed by atoms with Crippen LogP contribution in [0, 0.1) is 0 Å². The van der Waals surface area contributed by atoms with E-state index in [-0.39, 0.29) is 5.24 Å². The van der Waals surface area contributed by atoms with Crippen molar-refractivity contribution in [3.63, 3.8) is 0 Å². The fraction of sp³-hybridized carbons (Fsp3) is 0.375. The van der Waals surface area contributed by atoms with Crippen LogP contribution in [0.1, 0.15) is 30.0 Å². The molecule has 0 bridgehead atoms. The molecule has 0 aliphatic carbocycles. The van der Waals surface area contributed by atoms with Crippen LogP contribution in [0.3, 0.4) is 0 Å². The lowest BCUT2D eigenvalue weighted by Crippen LogP contribution is -2.36. The third-order valence-corrected chi connectivity index (χ3v) is 6.53. The second-order valence-electron chi connectivity index (χ2n) is 7.59. The maximum absolute atomic E-state index is 11.7. The molecule has 0 unspecified atom stereocenters. The van der Waals surface area contributed by atoms with Gasteiger partial charge < -0.3 is 14.4 Å². The molecule has 0 saturated heterocycles. The van der Waals surface area contributed by atoms with Crippen molar-refractivity contribution in [3.05, 3.63) is 53.1 Å². The Morgan fingerprint density at radius 1 is 1.16 bits per heavy atom.